The molecule has 5 heteroatoms. The SMILES string of the molecule is O=C(Oc1ccc2oc3c(c2c1C=Nc1ccccc1)CCCC3)c1ccco1. The average Bonchev–Trinajstić information content (AvgIpc) is 3.42. The molecule has 0 bridgehead atoms. The number of carbonyl (C=O) groups excluding carboxylic acids is 1. The zero-order valence-electron chi connectivity index (χ0n) is 15.8. The predicted molar refractivity (Wildman–Crippen MR) is 110 cm³/mol. The number of furan rings is 2. The second-order valence-corrected chi connectivity index (χ2v) is 7.02. The first-order chi connectivity index (χ1) is 14.3. The maximum Gasteiger partial charge on any atom is 0.379 e. The number of carbonyl (C=O) groups is 1. The van der Waals surface area contributed by atoms with Gasteiger partial charge in [0.2, 0.25) is 5.76 Å². The molecule has 5 nitrogen and oxygen atoms in total. The van der Waals surface area contributed by atoms with Gasteiger partial charge in [-0.05, 0) is 55.7 Å². The molecule has 2 aromatic heterocycles. The standard InChI is InChI=1S/C24H19NO4/c26-24(22-11-6-14-27-22)29-20-12-13-21-23(17-9-4-5-10-19(17)28-21)18(20)15-25-16-7-2-1-3-8-16/h1-3,6-8,11-15H,4-5,9-10H2. The van der Waals surface area contributed by atoms with Crippen LogP contribution in [0, 0.1) is 0 Å². The van der Waals surface area contributed by atoms with Gasteiger partial charge in [0, 0.05) is 29.1 Å². The molecule has 0 fully saturated rings. The van der Waals surface area contributed by atoms with Gasteiger partial charge in [-0.15, -0.1) is 0 Å². The zero-order chi connectivity index (χ0) is 19.6. The minimum atomic E-state index is -0.541. The molecule has 0 unspecified atom stereocenters. The number of aryl methyl sites for hydroxylation is 2. The molecular formula is C24H19NO4. The van der Waals surface area contributed by atoms with Crippen LogP contribution >= 0.6 is 0 Å². The Labute approximate surface area is 167 Å². The summed E-state index contributed by atoms with van der Waals surface area (Å²) in [6, 6.07) is 16.5. The van der Waals surface area contributed by atoms with Crippen LogP contribution in [0.15, 0.2) is 74.7 Å². The minimum Gasteiger partial charge on any atom is -0.461 e. The van der Waals surface area contributed by atoms with Crippen LogP contribution in [-0.4, -0.2) is 12.2 Å². The third-order valence-electron chi connectivity index (χ3n) is 5.14. The van der Waals surface area contributed by atoms with E-state index >= 15 is 0 Å². The highest BCUT2D eigenvalue weighted by molar-refractivity contribution is 6.04. The van der Waals surface area contributed by atoms with Gasteiger partial charge < -0.3 is 13.6 Å². The Hall–Kier alpha value is -3.60. The smallest absolute Gasteiger partial charge is 0.379 e. The third-order valence-corrected chi connectivity index (χ3v) is 5.14. The van der Waals surface area contributed by atoms with E-state index in [2.05, 4.69) is 4.99 Å². The molecule has 144 valence electrons. The molecule has 5 rings (SSSR count). The fourth-order valence-electron chi connectivity index (χ4n) is 3.78. The monoisotopic (exact) mass is 385 g/mol. The number of aliphatic imine (C=N–C) groups is 1. The zero-order valence-corrected chi connectivity index (χ0v) is 15.8. The molecule has 2 heterocycles. The maximum atomic E-state index is 12.5. The van der Waals surface area contributed by atoms with Crippen LogP contribution in [0.25, 0.3) is 11.0 Å². The van der Waals surface area contributed by atoms with E-state index in [0.29, 0.717) is 5.75 Å². The number of para-hydroxylation sites is 1. The van der Waals surface area contributed by atoms with Gasteiger partial charge in [0.05, 0.1) is 12.0 Å². The quantitative estimate of drug-likeness (QED) is 0.250. The van der Waals surface area contributed by atoms with Crippen molar-refractivity contribution in [1.29, 1.82) is 0 Å². The topological polar surface area (TPSA) is 64.9 Å². The first kappa shape index (κ1) is 17.5. The lowest BCUT2D eigenvalue weighted by Gasteiger charge is -2.11. The lowest BCUT2D eigenvalue weighted by Crippen LogP contribution is -2.09. The maximum absolute atomic E-state index is 12.5. The summed E-state index contributed by atoms with van der Waals surface area (Å²) in [4.78, 5) is 17.1. The van der Waals surface area contributed by atoms with Gasteiger partial charge in [-0.2, -0.15) is 0 Å². The third kappa shape index (κ3) is 3.36. The van der Waals surface area contributed by atoms with Crippen molar-refractivity contribution in [1.82, 2.24) is 0 Å². The van der Waals surface area contributed by atoms with Crippen molar-refractivity contribution in [2.24, 2.45) is 4.99 Å². The summed E-state index contributed by atoms with van der Waals surface area (Å²) in [5.41, 5.74) is 3.56. The van der Waals surface area contributed by atoms with Crippen LogP contribution in [0.4, 0.5) is 5.69 Å². The second kappa shape index (κ2) is 7.43. The van der Waals surface area contributed by atoms with Crippen LogP contribution in [-0.2, 0) is 12.8 Å². The molecule has 4 aromatic rings. The van der Waals surface area contributed by atoms with Crippen molar-refractivity contribution in [2.75, 3.05) is 0 Å². The molecule has 0 saturated carbocycles. The van der Waals surface area contributed by atoms with Gasteiger partial charge in [-0.1, -0.05) is 18.2 Å². The molecule has 0 atom stereocenters. The first-order valence-corrected chi connectivity index (χ1v) is 9.71. The van der Waals surface area contributed by atoms with Gasteiger partial charge in [-0.25, -0.2) is 4.79 Å². The average molecular weight is 385 g/mol. The Kier molecular flexibility index (Phi) is 4.48. The lowest BCUT2D eigenvalue weighted by atomic mass is 9.94. The van der Waals surface area contributed by atoms with Crippen molar-refractivity contribution in [2.45, 2.75) is 25.7 Å². The molecule has 1 aliphatic carbocycles. The van der Waals surface area contributed by atoms with E-state index in [0.717, 1.165) is 53.7 Å². The second-order valence-electron chi connectivity index (χ2n) is 7.02. The predicted octanol–water partition coefficient (Wildman–Crippen LogP) is 5.87. The Bertz CT molecular complexity index is 1190. The number of benzene rings is 2. The van der Waals surface area contributed by atoms with Crippen molar-refractivity contribution in [3.63, 3.8) is 0 Å². The van der Waals surface area contributed by atoms with Crippen molar-refractivity contribution in [3.8, 4) is 5.75 Å². The van der Waals surface area contributed by atoms with E-state index in [-0.39, 0.29) is 5.76 Å². The minimum absolute atomic E-state index is 0.158. The van der Waals surface area contributed by atoms with Crippen LogP contribution in [0.2, 0.25) is 0 Å². The summed E-state index contributed by atoms with van der Waals surface area (Å²) in [6.07, 6.45) is 7.33. The lowest BCUT2D eigenvalue weighted by molar-refractivity contribution is 0.0701. The summed E-state index contributed by atoms with van der Waals surface area (Å²) >= 11 is 0. The number of rotatable bonds is 4. The Balaban J connectivity index is 1.63. The Morgan fingerprint density at radius 3 is 2.69 bits per heavy atom. The first-order valence-electron chi connectivity index (χ1n) is 9.71. The largest absolute Gasteiger partial charge is 0.461 e. The molecule has 0 spiro atoms. The summed E-state index contributed by atoms with van der Waals surface area (Å²) in [6.45, 7) is 0. The van der Waals surface area contributed by atoms with Crippen LogP contribution < -0.4 is 4.74 Å². The van der Waals surface area contributed by atoms with Crippen molar-refractivity contribution >= 4 is 28.8 Å². The van der Waals surface area contributed by atoms with Crippen molar-refractivity contribution in [3.05, 3.63) is 83.5 Å². The molecular weight excluding hydrogens is 366 g/mol. The van der Waals surface area contributed by atoms with E-state index in [1.165, 1.54) is 11.8 Å². The van der Waals surface area contributed by atoms with E-state index < -0.39 is 5.97 Å². The normalized spacial score (nSPS) is 13.7. The summed E-state index contributed by atoms with van der Waals surface area (Å²) in [7, 11) is 0. The number of ether oxygens (including phenoxy) is 1. The highest BCUT2D eigenvalue weighted by atomic mass is 16.5. The number of esters is 1. The van der Waals surface area contributed by atoms with Gasteiger partial charge in [0.15, 0.2) is 0 Å². The van der Waals surface area contributed by atoms with E-state index in [1.807, 2.05) is 36.4 Å². The van der Waals surface area contributed by atoms with Gasteiger partial charge in [0.1, 0.15) is 17.1 Å². The Morgan fingerprint density at radius 1 is 1.00 bits per heavy atom. The van der Waals surface area contributed by atoms with Crippen LogP contribution in [0.3, 0.4) is 0 Å². The fraction of sp³-hybridized carbons (Fsp3) is 0.167. The molecule has 29 heavy (non-hydrogen) atoms. The molecule has 0 aliphatic heterocycles. The number of fused-ring (bicyclic) bond motifs is 3. The molecule has 2 aromatic carbocycles. The van der Waals surface area contributed by atoms with E-state index in [9.17, 15) is 4.79 Å². The molecule has 1 aliphatic rings. The van der Waals surface area contributed by atoms with Crippen LogP contribution in [0.5, 0.6) is 5.75 Å². The highest BCUT2D eigenvalue weighted by Crippen LogP contribution is 2.37. The van der Waals surface area contributed by atoms with Gasteiger partial charge >= 0.3 is 5.97 Å². The number of hydrogen-bond donors (Lipinski definition) is 0. The van der Waals surface area contributed by atoms with E-state index in [1.54, 1.807) is 24.4 Å². The van der Waals surface area contributed by atoms with Crippen molar-refractivity contribution < 1.29 is 18.4 Å². The fourth-order valence-corrected chi connectivity index (χ4v) is 3.78. The van der Waals surface area contributed by atoms with Crippen LogP contribution in [0.1, 0.15) is 40.3 Å². The Morgan fingerprint density at radius 2 is 1.86 bits per heavy atom. The summed E-state index contributed by atoms with van der Waals surface area (Å²) in [5, 5.41) is 0.976. The van der Waals surface area contributed by atoms with E-state index in [4.69, 9.17) is 13.6 Å². The molecule has 0 radical (unpaired) electrons. The molecule has 0 amide bonds. The molecule has 0 N–H and O–H groups in total. The number of nitrogens with zero attached hydrogens (tertiary/aromatic N) is 1. The van der Waals surface area contributed by atoms with Gasteiger partial charge in [-0.3, -0.25) is 4.99 Å². The summed E-state index contributed by atoms with van der Waals surface area (Å²) < 4.78 is 16.9. The van der Waals surface area contributed by atoms with Gasteiger partial charge in [0.25, 0.3) is 0 Å². The summed E-state index contributed by atoms with van der Waals surface area (Å²) in [5.74, 6) is 1.08. The highest BCUT2D eigenvalue weighted by Gasteiger charge is 2.23. The number of hydrogen-bond acceptors (Lipinski definition) is 5. The molecule has 0 saturated heterocycles.